The molecule has 2 rings (SSSR count). The van der Waals surface area contributed by atoms with Gasteiger partial charge >= 0.3 is 5.97 Å². The van der Waals surface area contributed by atoms with Gasteiger partial charge in [-0.1, -0.05) is 37.6 Å². The molecule has 2 heterocycles. The number of carbonyl (C=O) groups excluding carboxylic acids is 2. The van der Waals surface area contributed by atoms with Gasteiger partial charge in [0.15, 0.2) is 5.78 Å². The van der Waals surface area contributed by atoms with E-state index < -0.39 is 5.97 Å². The van der Waals surface area contributed by atoms with E-state index in [2.05, 4.69) is 20.4 Å². The molecule has 0 bridgehead atoms. The van der Waals surface area contributed by atoms with Crippen molar-refractivity contribution in [1.82, 2.24) is 14.7 Å². The van der Waals surface area contributed by atoms with Crippen LogP contribution in [0.4, 0.5) is 0 Å². The van der Waals surface area contributed by atoms with Gasteiger partial charge in [0.05, 0.1) is 13.1 Å². The summed E-state index contributed by atoms with van der Waals surface area (Å²) < 4.78 is 0. The summed E-state index contributed by atoms with van der Waals surface area (Å²) in [4.78, 5) is 41.3. The predicted octanol–water partition coefficient (Wildman–Crippen LogP) is 2.95. The Bertz CT molecular complexity index is 773. The van der Waals surface area contributed by atoms with Gasteiger partial charge in [0, 0.05) is 31.4 Å². The Morgan fingerprint density at radius 1 is 1.25 bits per heavy atom. The van der Waals surface area contributed by atoms with Crippen LogP contribution in [0.2, 0.25) is 0 Å². The van der Waals surface area contributed by atoms with Crippen LogP contribution in [0.5, 0.6) is 0 Å². The van der Waals surface area contributed by atoms with E-state index in [-0.39, 0.29) is 36.7 Å². The number of amides is 1. The zero-order valence-electron chi connectivity index (χ0n) is 20.0. The van der Waals surface area contributed by atoms with Gasteiger partial charge in [-0.2, -0.15) is 0 Å². The molecule has 2 unspecified atom stereocenters. The monoisotopic (exact) mass is 445 g/mol. The molecule has 7 heteroatoms. The zero-order chi connectivity index (χ0) is 23.8. The lowest BCUT2D eigenvalue weighted by Gasteiger charge is -2.42. The highest BCUT2D eigenvalue weighted by atomic mass is 16.4. The van der Waals surface area contributed by atoms with Crippen molar-refractivity contribution in [2.45, 2.75) is 52.5 Å². The molecule has 178 valence electrons. The van der Waals surface area contributed by atoms with Crippen LogP contribution in [0.3, 0.4) is 0 Å². The molecule has 0 spiro atoms. The second-order valence-corrected chi connectivity index (χ2v) is 9.27. The third kappa shape index (κ3) is 7.33. The van der Waals surface area contributed by atoms with Gasteiger partial charge in [0.25, 0.3) is 0 Å². The van der Waals surface area contributed by atoms with Gasteiger partial charge in [0.2, 0.25) is 5.91 Å². The number of carbonyl (C=O) groups is 3. The van der Waals surface area contributed by atoms with E-state index in [0.29, 0.717) is 12.5 Å². The van der Waals surface area contributed by atoms with E-state index in [1.807, 2.05) is 15.9 Å². The largest absolute Gasteiger partial charge is 0.480 e. The first-order valence-corrected chi connectivity index (χ1v) is 11.6. The quantitative estimate of drug-likeness (QED) is 0.434. The fourth-order valence-electron chi connectivity index (χ4n) is 4.74. The first kappa shape index (κ1) is 25.8. The predicted molar refractivity (Wildman–Crippen MR) is 126 cm³/mol. The number of ketones is 1. The lowest BCUT2D eigenvalue weighted by atomic mass is 9.83. The third-order valence-electron chi connectivity index (χ3n) is 6.74. The highest BCUT2D eigenvalue weighted by Gasteiger charge is 2.33. The summed E-state index contributed by atoms with van der Waals surface area (Å²) >= 11 is 0. The lowest BCUT2D eigenvalue weighted by Crippen LogP contribution is -2.51. The van der Waals surface area contributed by atoms with Crippen molar-refractivity contribution in [2.24, 2.45) is 11.8 Å². The Morgan fingerprint density at radius 3 is 2.59 bits per heavy atom. The summed E-state index contributed by atoms with van der Waals surface area (Å²) in [6, 6.07) is -0.0524. The van der Waals surface area contributed by atoms with E-state index in [9.17, 15) is 14.4 Å². The smallest absolute Gasteiger partial charge is 0.317 e. The van der Waals surface area contributed by atoms with Crippen molar-refractivity contribution < 1.29 is 19.5 Å². The molecule has 1 amide bonds. The maximum absolute atomic E-state index is 13.3. The van der Waals surface area contributed by atoms with Crippen molar-refractivity contribution in [3.05, 3.63) is 36.1 Å². The molecule has 2 fully saturated rings. The maximum atomic E-state index is 13.3. The van der Waals surface area contributed by atoms with Gasteiger partial charge in [-0.3, -0.25) is 19.3 Å². The number of hydrogen-bond acceptors (Lipinski definition) is 5. The molecular formula is C25H39N3O4. The average Bonchev–Trinajstić information content (AvgIpc) is 2.73. The highest BCUT2D eigenvalue weighted by Crippen LogP contribution is 2.30. The van der Waals surface area contributed by atoms with Crippen LogP contribution in [0.1, 0.15) is 46.5 Å². The van der Waals surface area contributed by atoms with E-state index >= 15 is 0 Å². The summed E-state index contributed by atoms with van der Waals surface area (Å²) in [6.45, 7) is 12.4. The first-order valence-electron chi connectivity index (χ1n) is 11.6. The Labute approximate surface area is 192 Å². The van der Waals surface area contributed by atoms with Crippen LogP contribution >= 0.6 is 0 Å². The van der Waals surface area contributed by atoms with Crippen LogP contribution in [0.15, 0.2) is 36.1 Å². The molecule has 2 aliphatic heterocycles. The van der Waals surface area contributed by atoms with Crippen LogP contribution in [-0.4, -0.2) is 83.3 Å². The molecule has 32 heavy (non-hydrogen) atoms. The van der Waals surface area contributed by atoms with Crippen LogP contribution in [0.25, 0.3) is 0 Å². The number of piperidine rings is 2. The number of carboxylic acids is 1. The second kappa shape index (κ2) is 12.0. The summed E-state index contributed by atoms with van der Waals surface area (Å²) in [5.74, 6) is 0.00283. The van der Waals surface area contributed by atoms with E-state index in [0.717, 1.165) is 44.5 Å². The van der Waals surface area contributed by atoms with Crippen molar-refractivity contribution in [3.8, 4) is 0 Å². The van der Waals surface area contributed by atoms with Crippen molar-refractivity contribution >= 4 is 17.7 Å². The summed E-state index contributed by atoms with van der Waals surface area (Å²) in [6.07, 6.45) is 9.18. The molecule has 1 N–H and O–H groups in total. The number of carboxylic acid groups (broad SMARTS) is 1. The molecule has 0 aliphatic carbocycles. The first-order chi connectivity index (χ1) is 15.1. The molecule has 0 saturated carbocycles. The van der Waals surface area contributed by atoms with Gasteiger partial charge in [-0.25, -0.2) is 0 Å². The minimum Gasteiger partial charge on any atom is -0.480 e. The minimum absolute atomic E-state index is 0.0231. The van der Waals surface area contributed by atoms with E-state index in [4.69, 9.17) is 5.11 Å². The van der Waals surface area contributed by atoms with Crippen LogP contribution in [-0.2, 0) is 14.4 Å². The fourth-order valence-corrected chi connectivity index (χ4v) is 4.74. The minimum atomic E-state index is -0.861. The molecule has 2 aliphatic rings. The second-order valence-electron chi connectivity index (χ2n) is 9.27. The Morgan fingerprint density at radius 2 is 1.97 bits per heavy atom. The number of hydrogen-bond donors (Lipinski definition) is 1. The maximum Gasteiger partial charge on any atom is 0.317 e. The topological polar surface area (TPSA) is 81.2 Å². The zero-order valence-corrected chi connectivity index (χ0v) is 20.0. The Balaban J connectivity index is 2.04. The van der Waals surface area contributed by atoms with Gasteiger partial charge in [-0.05, 0) is 58.1 Å². The Kier molecular flexibility index (Phi) is 9.69. The van der Waals surface area contributed by atoms with Crippen molar-refractivity contribution in [1.29, 1.82) is 0 Å². The van der Waals surface area contributed by atoms with E-state index in [1.165, 1.54) is 12.5 Å². The van der Waals surface area contributed by atoms with Gasteiger partial charge < -0.3 is 14.9 Å². The molecule has 0 aromatic heterocycles. The van der Waals surface area contributed by atoms with E-state index in [1.54, 1.807) is 24.1 Å². The van der Waals surface area contributed by atoms with Crippen molar-refractivity contribution in [2.75, 3.05) is 39.8 Å². The summed E-state index contributed by atoms with van der Waals surface area (Å²) in [7, 11) is 1.80. The van der Waals surface area contributed by atoms with Gasteiger partial charge in [-0.15, -0.1) is 0 Å². The number of nitrogens with zero attached hydrogens (tertiary/aromatic N) is 3. The SMILES string of the molecule is C=C1[C@@H](N(C)CC(=O)O)CCCN1CC(=O)N1CC(CC)CC(/C(C)=C/C=C\C(C)=O)C1. The normalized spacial score (nSPS) is 25.0. The molecule has 2 saturated heterocycles. The number of likely N-dealkylation sites (tertiary alicyclic amines) is 2. The average molecular weight is 446 g/mol. The number of allylic oxidation sites excluding steroid dienone is 3. The standard InChI is InChI=1S/C25H39N3O4/c1-6-21-13-22(18(2)9-7-10-19(3)29)15-28(14-21)24(30)16-27-12-8-11-23(20(27)4)26(5)17-25(31)32/h7,9-10,21-23H,4,6,8,11-17H2,1-3,5H3,(H,31,32)/b10-7-,18-9+/t21?,22?,23-/m0/s1. The van der Waals surface area contributed by atoms with Crippen molar-refractivity contribution in [3.63, 3.8) is 0 Å². The number of rotatable bonds is 9. The highest BCUT2D eigenvalue weighted by molar-refractivity contribution is 5.87. The molecule has 0 aromatic carbocycles. The molecule has 3 atom stereocenters. The number of aliphatic carboxylic acids is 1. The summed E-state index contributed by atoms with van der Waals surface area (Å²) in [5.41, 5.74) is 2.02. The third-order valence-corrected chi connectivity index (χ3v) is 6.74. The van der Waals surface area contributed by atoms with Crippen LogP contribution in [0, 0.1) is 11.8 Å². The molecule has 7 nitrogen and oxygen atoms in total. The molecule has 0 aromatic rings. The molecule has 0 radical (unpaired) electrons. The number of likely N-dealkylation sites (N-methyl/N-ethyl adjacent to an activating group) is 1. The lowest BCUT2D eigenvalue weighted by molar-refractivity contribution is -0.139. The van der Waals surface area contributed by atoms with Crippen LogP contribution < -0.4 is 0 Å². The fraction of sp³-hybridized carbons (Fsp3) is 0.640. The summed E-state index contributed by atoms with van der Waals surface area (Å²) in [5, 5.41) is 9.11. The van der Waals surface area contributed by atoms with Gasteiger partial charge in [0.1, 0.15) is 0 Å². The molecular weight excluding hydrogens is 406 g/mol. The Hall–Kier alpha value is -2.41.